The molecule has 4 rings (SSSR count). The maximum atomic E-state index is 12.4. The summed E-state index contributed by atoms with van der Waals surface area (Å²) in [4.78, 5) is 22.3. The maximum Gasteiger partial charge on any atom is 0.320 e. The quantitative estimate of drug-likeness (QED) is 0.717. The number of anilines is 1. The number of fused-ring (bicyclic) bond motifs is 1. The molecule has 9 nitrogen and oxygen atoms in total. The van der Waals surface area contributed by atoms with E-state index in [1.807, 2.05) is 12.1 Å². The van der Waals surface area contributed by atoms with Crippen LogP contribution in [0.25, 0.3) is 11.5 Å². The number of para-hydroxylation sites is 1. The van der Waals surface area contributed by atoms with Gasteiger partial charge in [-0.3, -0.25) is 5.32 Å². The van der Waals surface area contributed by atoms with Crippen molar-refractivity contribution in [3.8, 4) is 17.3 Å². The number of nitrogens with zero attached hydrogens (tertiary/aromatic N) is 5. The van der Waals surface area contributed by atoms with Gasteiger partial charge in [-0.2, -0.15) is 15.0 Å². The smallest absolute Gasteiger partial charge is 0.320 e. The second-order valence-electron chi connectivity index (χ2n) is 5.93. The minimum absolute atomic E-state index is 0.200. The molecular weight excluding hydrogens is 370 g/mol. The summed E-state index contributed by atoms with van der Waals surface area (Å²) in [5.41, 5.74) is 1.38. The first-order valence-corrected chi connectivity index (χ1v) is 8.66. The number of nitrogens with one attached hydrogen (secondary N) is 2. The van der Waals surface area contributed by atoms with Crippen molar-refractivity contribution in [3.63, 3.8) is 0 Å². The fraction of sp³-hybridized carbons (Fsp3) is 0.235. The third-order valence-electron chi connectivity index (χ3n) is 4.06. The SMILES string of the molecule is Cn1ncc(-c2nccc(NC(=O)N[C@H]3CCOc4c(Cl)cccc43)n2)n1. The fourth-order valence-corrected chi connectivity index (χ4v) is 3.08. The highest BCUT2D eigenvalue weighted by atomic mass is 35.5. The number of carbonyl (C=O) groups is 1. The second kappa shape index (κ2) is 7.20. The van der Waals surface area contributed by atoms with Crippen LogP contribution in [0.5, 0.6) is 5.75 Å². The van der Waals surface area contributed by atoms with Gasteiger partial charge in [0.1, 0.15) is 17.3 Å². The first-order valence-electron chi connectivity index (χ1n) is 8.28. The summed E-state index contributed by atoms with van der Waals surface area (Å²) in [6, 6.07) is 6.51. The van der Waals surface area contributed by atoms with E-state index in [4.69, 9.17) is 16.3 Å². The Morgan fingerprint density at radius 1 is 1.37 bits per heavy atom. The molecule has 2 amide bonds. The van der Waals surface area contributed by atoms with E-state index in [1.54, 1.807) is 31.6 Å². The van der Waals surface area contributed by atoms with Crippen molar-refractivity contribution in [3.05, 3.63) is 47.2 Å². The van der Waals surface area contributed by atoms with Crippen LogP contribution in [0.4, 0.5) is 10.6 Å². The topological polar surface area (TPSA) is 107 Å². The van der Waals surface area contributed by atoms with Gasteiger partial charge in [-0.15, -0.1) is 0 Å². The Labute approximate surface area is 159 Å². The van der Waals surface area contributed by atoms with Crippen LogP contribution in [0, 0.1) is 0 Å². The minimum Gasteiger partial charge on any atom is -0.492 e. The fourth-order valence-electron chi connectivity index (χ4n) is 2.85. The van der Waals surface area contributed by atoms with Crippen LogP contribution < -0.4 is 15.4 Å². The number of urea groups is 1. The molecule has 0 fully saturated rings. The summed E-state index contributed by atoms with van der Waals surface area (Å²) in [7, 11) is 1.71. The maximum absolute atomic E-state index is 12.4. The molecule has 3 aromatic rings. The van der Waals surface area contributed by atoms with Crippen LogP contribution in [-0.4, -0.2) is 37.6 Å². The molecule has 10 heteroatoms. The van der Waals surface area contributed by atoms with Gasteiger partial charge in [0.15, 0.2) is 5.82 Å². The van der Waals surface area contributed by atoms with Gasteiger partial charge < -0.3 is 10.1 Å². The Hall–Kier alpha value is -3.20. The third kappa shape index (κ3) is 3.68. The molecule has 1 atom stereocenters. The highest BCUT2D eigenvalue weighted by Gasteiger charge is 2.24. The van der Waals surface area contributed by atoms with Crippen molar-refractivity contribution in [2.45, 2.75) is 12.5 Å². The summed E-state index contributed by atoms with van der Waals surface area (Å²) in [5.74, 6) is 1.35. The number of hydrogen-bond acceptors (Lipinski definition) is 6. The monoisotopic (exact) mass is 385 g/mol. The second-order valence-corrected chi connectivity index (χ2v) is 6.34. The van der Waals surface area contributed by atoms with Crippen LogP contribution in [0.3, 0.4) is 0 Å². The summed E-state index contributed by atoms with van der Waals surface area (Å²) >= 11 is 6.17. The molecule has 2 aromatic heterocycles. The zero-order chi connectivity index (χ0) is 18.8. The molecule has 1 aromatic carbocycles. The van der Waals surface area contributed by atoms with Crippen LogP contribution in [0.2, 0.25) is 5.02 Å². The highest BCUT2D eigenvalue weighted by molar-refractivity contribution is 6.32. The van der Waals surface area contributed by atoms with Gasteiger partial charge in [0.2, 0.25) is 0 Å². The number of rotatable bonds is 3. The average molecular weight is 386 g/mol. The molecule has 0 bridgehead atoms. The number of benzene rings is 1. The van der Waals surface area contributed by atoms with E-state index in [1.165, 1.54) is 4.80 Å². The largest absolute Gasteiger partial charge is 0.492 e. The first-order chi connectivity index (χ1) is 13.1. The van der Waals surface area contributed by atoms with Gasteiger partial charge in [-0.05, 0) is 12.1 Å². The van der Waals surface area contributed by atoms with E-state index in [9.17, 15) is 4.79 Å². The summed E-state index contributed by atoms with van der Waals surface area (Å²) < 4.78 is 5.61. The lowest BCUT2D eigenvalue weighted by molar-refractivity contribution is 0.232. The van der Waals surface area contributed by atoms with E-state index in [2.05, 4.69) is 30.8 Å². The normalized spacial score (nSPS) is 15.6. The number of carbonyl (C=O) groups excluding carboxylic acids is 1. The van der Waals surface area contributed by atoms with E-state index in [0.717, 1.165) is 5.56 Å². The lowest BCUT2D eigenvalue weighted by atomic mass is 10.0. The number of aromatic nitrogens is 5. The Kier molecular flexibility index (Phi) is 4.59. The van der Waals surface area contributed by atoms with Gasteiger partial charge in [0.25, 0.3) is 0 Å². The zero-order valence-corrected chi connectivity index (χ0v) is 15.1. The van der Waals surface area contributed by atoms with Crippen molar-refractivity contribution >= 4 is 23.4 Å². The number of halogens is 1. The predicted molar refractivity (Wildman–Crippen MR) is 98.5 cm³/mol. The van der Waals surface area contributed by atoms with Crippen LogP contribution in [0.1, 0.15) is 18.0 Å². The third-order valence-corrected chi connectivity index (χ3v) is 4.35. The van der Waals surface area contributed by atoms with Gasteiger partial charge in [-0.1, -0.05) is 23.7 Å². The molecule has 138 valence electrons. The lowest BCUT2D eigenvalue weighted by Crippen LogP contribution is -2.35. The molecule has 1 aliphatic rings. The van der Waals surface area contributed by atoms with E-state index in [-0.39, 0.29) is 12.1 Å². The van der Waals surface area contributed by atoms with E-state index >= 15 is 0 Å². The lowest BCUT2D eigenvalue weighted by Gasteiger charge is -2.27. The Balaban J connectivity index is 1.47. The molecule has 0 radical (unpaired) electrons. The number of ether oxygens (including phenoxy) is 1. The molecule has 0 saturated carbocycles. The minimum atomic E-state index is -0.378. The van der Waals surface area contributed by atoms with Gasteiger partial charge in [0.05, 0.1) is 23.9 Å². The first kappa shape index (κ1) is 17.2. The molecule has 2 N–H and O–H groups in total. The van der Waals surface area contributed by atoms with Gasteiger partial charge >= 0.3 is 6.03 Å². The van der Waals surface area contributed by atoms with Crippen LogP contribution >= 0.6 is 11.6 Å². The zero-order valence-electron chi connectivity index (χ0n) is 14.4. The van der Waals surface area contributed by atoms with E-state index < -0.39 is 0 Å². The molecule has 0 aliphatic carbocycles. The predicted octanol–water partition coefficient (Wildman–Crippen LogP) is 2.57. The van der Waals surface area contributed by atoms with Gasteiger partial charge in [-0.25, -0.2) is 14.8 Å². The molecule has 27 heavy (non-hydrogen) atoms. The standard InChI is InChI=1S/C17H16ClN7O2/c1-25-20-9-13(24-25)16-19-7-5-14(22-16)23-17(26)21-12-6-8-27-15-10(12)3-2-4-11(15)18/h2-5,7,9,12H,6,8H2,1H3,(H2,19,21,22,23,26)/t12-/m0/s1. The van der Waals surface area contributed by atoms with Crippen molar-refractivity contribution in [1.29, 1.82) is 0 Å². The molecule has 3 heterocycles. The molecule has 0 saturated heterocycles. The van der Waals surface area contributed by atoms with Crippen LogP contribution in [-0.2, 0) is 7.05 Å². The molecule has 0 unspecified atom stereocenters. The summed E-state index contributed by atoms with van der Waals surface area (Å²) in [5, 5.41) is 14.3. The van der Waals surface area contributed by atoms with Crippen LogP contribution in [0.15, 0.2) is 36.7 Å². The van der Waals surface area contributed by atoms with Gasteiger partial charge in [0, 0.05) is 25.2 Å². The molecule has 1 aliphatic heterocycles. The Bertz CT molecular complexity index is 991. The summed E-state index contributed by atoms with van der Waals surface area (Å²) in [6.07, 6.45) is 3.76. The highest BCUT2D eigenvalue weighted by Crippen LogP contribution is 2.37. The number of hydrogen-bond donors (Lipinski definition) is 2. The van der Waals surface area contributed by atoms with Crippen molar-refractivity contribution in [2.75, 3.05) is 11.9 Å². The average Bonchev–Trinajstić information content (AvgIpc) is 3.09. The summed E-state index contributed by atoms with van der Waals surface area (Å²) in [6.45, 7) is 0.478. The molecule has 0 spiro atoms. The number of amides is 2. The number of aryl methyl sites for hydroxylation is 1. The van der Waals surface area contributed by atoms with E-state index in [0.29, 0.717) is 41.1 Å². The van der Waals surface area contributed by atoms with Crippen molar-refractivity contribution in [1.82, 2.24) is 30.3 Å². The Morgan fingerprint density at radius 3 is 3.07 bits per heavy atom. The Morgan fingerprint density at radius 2 is 2.26 bits per heavy atom. The molecular formula is C17H16ClN7O2. The van der Waals surface area contributed by atoms with Crippen molar-refractivity contribution in [2.24, 2.45) is 7.05 Å². The van der Waals surface area contributed by atoms with Crippen molar-refractivity contribution < 1.29 is 9.53 Å².